The first-order chi connectivity index (χ1) is 48.7. The van der Waals surface area contributed by atoms with Gasteiger partial charge in [0.15, 0.2) is 57.6 Å². The number of hydrogen-bond acceptors (Lipinski definition) is 23. The molecule has 102 heavy (non-hydrogen) atoms. The molecule has 0 radical (unpaired) electrons. The third kappa shape index (κ3) is 21.5. The molecule has 9 rings (SSSR count). The normalized spacial score (nSPS) is 11.1. The van der Waals surface area contributed by atoms with Gasteiger partial charge in [0.1, 0.15) is 45.5 Å². The maximum atomic E-state index is 13.6. The summed E-state index contributed by atoms with van der Waals surface area (Å²) in [4.78, 5) is 73.5. The number of aryl methyl sites for hydroxylation is 3. The number of aliphatic hydroxyl groups excluding tert-OH is 3. The summed E-state index contributed by atoms with van der Waals surface area (Å²) in [7, 11) is 0. The minimum Gasteiger partial charge on any atom is -0.506 e. The van der Waals surface area contributed by atoms with Gasteiger partial charge in [0.05, 0.1) is 64.0 Å². The number of anilines is 2. The molecule has 0 unspecified atom stereocenters. The first-order valence-corrected chi connectivity index (χ1v) is 36.2. The molecule has 546 valence electrons. The number of furan rings is 3. The molecule has 9 aromatic rings. The van der Waals surface area contributed by atoms with Gasteiger partial charge in [-0.3, -0.25) is 28.8 Å². The van der Waals surface area contributed by atoms with Crippen LogP contribution in [0.3, 0.4) is 0 Å². The van der Waals surface area contributed by atoms with Crippen LogP contribution in [0.5, 0.6) is 51.7 Å². The largest absolute Gasteiger partial charge is 0.506 e. The van der Waals surface area contributed by atoms with Crippen molar-refractivity contribution in [2.75, 3.05) is 51.1 Å². The van der Waals surface area contributed by atoms with Gasteiger partial charge < -0.3 is 102 Å². The summed E-state index contributed by atoms with van der Waals surface area (Å²) in [6.07, 6.45) is 9.45. The van der Waals surface area contributed by atoms with Crippen LogP contribution in [0.2, 0.25) is 0 Å². The second kappa shape index (κ2) is 38.6. The highest BCUT2D eigenvalue weighted by Crippen LogP contribution is 2.43. The highest BCUT2D eigenvalue weighted by Gasteiger charge is 2.29. The van der Waals surface area contributed by atoms with Gasteiger partial charge >= 0.3 is 0 Å². The van der Waals surface area contributed by atoms with E-state index in [4.69, 9.17) is 71.4 Å². The number of aliphatic hydroxyl groups is 3. The lowest BCUT2D eigenvalue weighted by atomic mass is 9.97. The average Bonchev–Trinajstić information content (AvgIpc) is 1.70. The first-order valence-electron chi connectivity index (χ1n) is 32.5. The Hall–Kier alpha value is -8.54. The Kier molecular flexibility index (Phi) is 30.6. The third-order valence-electron chi connectivity index (χ3n) is 15.9. The fourth-order valence-electron chi connectivity index (χ4n) is 10.8. The van der Waals surface area contributed by atoms with Crippen LogP contribution in [0, 0.1) is 7.14 Å². The Bertz CT molecular complexity index is 4000. The number of unbranched alkanes of at least 4 members (excludes halogenated alkanes) is 6. The van der Waals surface area contributed by atoms with E-state index in [-0.39, 0.29) is 150 Å². The van der Waals surface area contributed by atoms with E-state index in [1.807, 2.05) is 45.2 Å². The second-order valence-corrected chi connectivity index (χ2v) is 27.6. The van der Waals surface area contributed by atoms with Crippen LogP contribution in [0.4, 0.5) is 11.4 Å². The van der Waals surface area contributed by atoms with Crippen LogP contribution in [0.15, 0.2) is 95.0 Å². The van der Waals surface area contributed by atoms with Gasteiger partial charge in [-0.1, -0.05) is 19.3 Å². The number of benzene rings is 6. The maximum Gasteiger partial charge on any atom is 0.217 e. The molecule has 0 atom stereocenters. The number of nitrogen functional groups attached to an aromatic ring is 2. The smallest absolute Gasteiger partial charge is 0.217 e. The number of rotatable bonds is 36. The molecule has 0 spiro atoms. The van der Waals surface area contributed by atoms with Crippen molar-refractivity contribution >= 4 is 156 Å². The van der Waals surface area contributed by atoms with E-state index in [1.165, 1.54) is 54.6 Å². The number of phenols is 6. The molecular weight excluding hydrogens is 1680 g/mol. The van der Waals surface area contributed by atoms with Crippen molar-refractivity contribution in [2.45, 2.75) is 116 Å². The van der Waals surface area contributed by atoms with E-state index in [0.29, 0.717) is 185 Å². The zero-order chi connectivity index (χ0) is 74.5. The topological polar surface area (TPSA) is 482 Å². The van der Waals surface area contributed by atoms with Crippen LogP contribution in [-0.4, -0.2) is 121 Å². The van der Waals surface area contributed by atoms with E-state index in [0.717, 1.165) is 12.8 Å². The molecular formula is C72H79Br2I2N5O21. The van der Waals surface area contributed by atoms with Gasteiger partial charge in [-0.15, -0.1) is 0 Å². The number of amides is 3. The number of ether oxygens (including phenoxy) is 3. The summed E-state index contributed by atoms with van der Waals surface area (Å²) < 4.78 is 36.4. The average molecular weight is 1760 g/mol. The molecule has 3 aromatic heterocycles. The van der Waals surface area contributed by atoms with Gasteiger partial charge in [0.2, 0.25) is 17.7 Å². The van der Waals surface area contributed by atoms with Crippen molar-refractivity contribution in [3.8, 4) is 51.7 Å². The van der Waals surface area contributed by atoms with E-state index < -0.39 is 5.78 Å². The van der Waals surface area contributed by atoms with Crippen LogP contribution in [0.1, 0.15) is 161 Å². The zero-order valence-electron chi connectivity index (χ0n) is 55.2. The summed E-state index contributed by atoms with van der Waals surface area (Å²) in [5, 5.41) is 89.5. The van der Waals surface area contributed by atoms with Gasteiger partial charge in [-0.2, -0.15) is 0 Å². The maximum absolute atomic E-state index is 13.6. The van der Waals surface area contributed by atoms with Crippen LogP contribution < -0.4 is 42.9 Å². The van der Waals surface area contributed by atoms with Gasteiger partial charge in [-0.25, -0.2) is 0 Å². The Labute approximate surface area is 629 Å². The van der Waals surface area contributed by atoms with Gasteiger partial charge in [-0.05, 0) is 170 Å². The minimum atomic E-state index is -0.433. The predicted molar refractivity (Wildman–Crippen MR) is 404 cm³/mol. The summed E-state index contributed by atoms with van der Waals surface area (Å²) in [5.41, 5.74) is 30.0. The molecule has 3 heterocycles. The van der Waals surface area contributed by atoms with Crippen molar-refractivity contribution in [2.24, 2.45) is 17.2 Å². The molecule has 0 bridgehead atoms. The molecule has 0 aliphatic rings. The van der Waals surface area contributed by atoms with Crippen molar-refractivity contribution in [1.29, 1.82) is 0 Å². The number of hydrogen-bond donors (Lipinski definition) is 14. The molecule has 30 heteroatoms. The Balaban J connectivity index is 0.000000214. The lowest BCUT2D eigenvalue weighted by Crippen LogP contribution is -2.09. The minimum absolute atomic E-state index is 0.0226. The Morgan fingerprint density at radius 1 is 0.382 bits per heavy atom. The van der Waals surface area contributed by atoms with Gasteiger partial charge in [0, 0.05) is 129 Å². The summed E-state index contributed by atoms with van der Waals surface area (Å²) in [6.45, 7) is 0.498. The number of halogens is 4. The van der Waals surface area contributed by atoms with Gasteiger partial charge in [0.25, 0.3) is 0 Å². The Morgan fingerprint density at radius 3 is 0.971 bits per heavy atom. The number of phenolic OH excluding ortho intramolecular Hbond substituents is 6. The van der Waals surface area contributed by atoms with Crippen molar-refractivity contribution < 1.29 is 102 Å². The lowest BCUT2D eigenvalue weighted by Gasteiger charge is -2.09. The zero-order valence-corrected chi connectivity index (χ0v) is 62.7. The van der Waals surface area contributed by atoms with Crippen molar-refractivity contribution in [3.05, 3.63) is 140 Å². The van der Waals surface area contributed by atoms with Crippen LogP contribution in [0.25, 0.3) is 32.9 Å². The van der Waals surface area contributed by atoms with E-state index in [9.17, 15) is 59.4 Å². The van der Waals surface area contributed by atoms with E-state index in [2.05, 4.69) is 31.9 Å². The van der Waals surface area contributed by atoms with Crippen molar-refractivity contribution in [3.63, 3.8) is 0 Å². The molecule has 26 nitrogen and oxygen atoms in total. The molecule has 3 amide bonds. The number of carbonyl (C=O) groups excluding carboxylic acids is 6. The summed E-state index contributed by atoms with van der Waals surface area (Å²) >= 11 is 10.4. The molecule has 0 aliphatic heterocycles. The van der Waals surface area contributed by atoms with E-state index >= 15 is 0 Å². The summed E-state index contributed by atoms with van der Waals surface area (Å²) in [6, 6.07) is 17.8. The quantitative estimate of drug-likeness (QED) is 0.00570. The predicted octanol–water partition coefficient (Wildman–Crippen LogP) is 12.2. The third-order valence-corrected chi connectivity index (χ3v) is 18.7. The lowest BCUT2D eigenvalue weighted by molar-refractivity contribution is -0.119. The second-order valence-electron chi connectivity index (χ2n) is 23.6. The molecule has 0 aliphatic carbocycles. The molecule has 6 aromatic carbocycles. The SMILES string of the molecule is NC(=O)CCCCCc1oc2cc(OCCCO)c(O)cc2c1C(=O)c1cc(Br)c(O)c(Br)c1.NC(=O)CCCCCc1oc2cc(OCCCO)c(O)cc2c1C(=O)c1cc(I)c(O)c(I)c1.NC(=O)CCCCCc1oc2cc(OCCCO)c(O)cc2c1C(=O)c1cc(N)c(O)c(N)c1. The van der Waals surface area contributed by atoms with Crippen molar-refractivity contribution in [1.82, 2.24) is 0 Å². The van der Waals surface area contributed by atoms with E-state index in [1.54, 1.807) is 18.2 Å². The van der Waals surface area contributed by atoms with Crippen LogP contribution >= 0.6 is 77.0 Å². The fourth-order valence-corrected chi connectivity index (χ4v) is 13.7. The number of aromatic hydroxyl groups is 6. The number of primary amides is 3. The number of fused-ring (bicyclic) bond motifs is 3. The van der Waals surface area contributed by atoms with Crippen LogP contribution in [-0.2, 0) is 33.6 Å². The number of ketones is 3. The molecule has 0 fully saturated rings. The molecule has 19 N–H and O–H groups in total. The number of nitrogens with two attached hydrogens (primary N) is 5. The monoisotopic (exact) mass is 1760 g/mol. The standard InChI is InChI=1S/C24H25Br2NO7.C24H25I2NO7.C24H29N3O7/c3*25-15-9-13(10-16(26)24(15)32)23(31)22-14-11-17(29)20(33-8-4-7-28)12-19(14)34-18(22)5-2-1-3-6-21(27)30/h2*9-12,28-29,32H,1-8H2,(H2,27,30);9-12,28-29,32H,1-8,25-26H2,(H2,27,30). The number of carbonyl (C=O) groups is 6. The Morgan fingerprint density at radius 2 is 0.676 bits per heavy atom. The summed E-state index contributed by atoms with van der Waals surface area (Å²) in [5.74, 6) is -0.906. The first kappa shape index (κ1) is 80.8. The highest BCUT2D eigenvalue weighted by atomic mass is 127. The fraction of sp³-hybridized carbons (Fsp3) is 0.333. The molecule has 0 saturated heterocycles. The highest BCUT2D eigenvalue weighted by molar-refractivity contribution is 14.1. The molecule has 0 saturated carbocycles.